The molecule has 0 aliphatic heterocycles. The monoisotopic (exact) mass is 263 g/mol. The summed E-state index contributed by atoms with van der Waals surface area (Å²) >= 11 is 0. The van der Waals surface area contributed by atoms with E-state index < -0.39 is 0 Å². The lowest BCUT2D eigenvalue weighted by Crippen LogP contribution is -2.38. The van der Waals surface area contributed by atoms with Crippen LogP contribution < -0.4 is 5.56 Å². The fraction of sp³-hybridized carbons (Fsp3) is 0.643. The van der Waals surface area contributed by atoms with Crippen LogP contribution in [0.15, 0.2) is 16.9 Å². The molecule has 19 heavy (non-hydrogen) atoms. The van der Waals surface area contributed by atoms with Gasteiger partial charge in [0.2, 0.25) is 0 Å². The van der Waals surface area contributed by atoms with Crippen molar-refractivity contribution in [1.82, 2.24) is 14.7 Å². The standard InChI is InChI=1S/C14H21N3O2/c1-4-9-17-13(18)8-7-12(15-17)14(19)16(3)10(2)11-5-6-11/h7-8,10-11H,4-6,9H2,1-3H3. The lowest BCUT2D eigenvalue weighted by Gasteiger charge is -2.24. The van der Waals surface area contributed by atoms with Crippen LogP contribution in [0.2, 0.25) is 0 Å². The molecule has 0 N–H and O–H groups in total. The van der Waals surface area contributed by atoms with E-state index in [0.29, 0.717) is 18.2 Å². The highest BCUT2D eigenvalue weighted by Gasteiger charge is 2.33. The highest BCUT2D eigenvalue weighted by molar-refractivity contribution is 5.92. The Balaban J connectivity index is 2.18. The molecule has 1 amide bonds. The van der Waals surface area contributed by atoms with Gasteiger partial charge in [0.15, 0.2) is 0 Å². The van der Waals surface area contributed by atoms with Crippen molar-refractivity contribution in [1.29, 1.82) is 0 Å². The molecule has 0 bridgehead atoms. The quantitative estimate of drug-likeness (QED) is 0.809. The fourth-order valence-corrected chi connectivity index (χ4v) is 2.20. The molecular formula is C14H21N3O2. The van der Waals surface area contributed by atoms with Crippen molar-refractivity contribution in [3.8, 4) is 0 Å². The zero-order valence-electron chi connectivity index (χ0n) is 11.8. The van der Waals surface area contributed by atoms with Gasteiger partial charge in [-0.2, -0.15) is 5.10 Å². The Morgan fingerprint density at radius 3 is 2.79 bits per heavy atom. The first-order valence-corrected chi connectivity index (χ1v) is 6.90. The molecule has 5 nitrogen and oxygen atoms in total. The molecule has 104 valence electrons. The Hall–Kier alpha value is -1.65. The highest BCUT2D eigenvalue weighted by atomic mass is 16.2. The first-order valence-electron chi connectivity index (χ1n) is 6.90. The summed E-state index contributed by atoms with van der Waals surface area (Å²) in [6.45, 7) is 4.59. The van der Waals surface area contributed by atoms with Gasteiger partial charge in [-0.15, -0.1) is 0 Å². The first kappa shape index (κ1) is 13.8. The SMILES string of the molecule is CCCn1nc(C(=O)N(C)C(C)C2CC2)ccc1=O. The number of aromatic nitrogens is 2. The zero-order valence-corrected chi connectivity index (χ0v) is 11.8. The molecular weight excluding hydrogens is 242 g/mol. The summed E-state index contributed by atoms with van der Waals surface area (Å²) in [4.78, 5) is 25.7. The summed E-state index contributed by atoms with van der Waals surface area (Å²) < 4.78 is 1.36. The van der Waals surface area contributed by atoms with Gasteiger partial charge in [0.1, 0.15) is 5.69 Å². The lowest BCUT2D eigenvalue weighted by atomic mass is 10.2. The van der Waals surface area contributed by atoms with E-state index in [1.54, 1.807) is 4.90 Å². The Morgan fingerprint density at radius 1 is 1.53 bits per heavy atom. The second kappa shape index (κ2) is 5.55. The second-order valence-electron chi connectivity index (χ2n) is 5.27. The van der Waals surface area contributed by atoms with E-state index in [1.807, 2.05) is 14.0 Å². The molecule has 1 saturated carbocycles. The summed E-state index contributed by atoms with van der Waals surface area (Å²) in [7, 11) is 1.81. The van der Waals surface area contributed by atoms with E-state index in [9.17, 15) is 9.59 Å². The minimum absolute atomic E-state index is 0.107. The largest absolute Gasteiger partial charge is 0.337 e. The smallest absolute Gasteiger partial charge is 0.274 e. The normalized spacial score (nSPS) is 16.2. The van der Waals surface area contributed by atoms with Crippen LogP contribution in [0, 0.1) is 5.92 Å². The van der Waals surface area contributed by atoms with Crippen LogP contribution in [-0.4, -0.2) is 33.7 Å². The van der Waals surface area contributed by atoms with Crippen LogP contribution in [0.25, 0.3) is 0 Å². The van der Waals surface area contributed by atoms with Gasteiger partial charge < -0.3 is 4.90 Å². The maximum Gasteiger partial charge on any atom is 0.274 e. The third-order valence-corrected chi connectivity index (χ3v) is 3.76. The van der Waals surface area contributed by atoms with Crippen LogP contribution in [0.1, 0.15) is 43.6 Å². The van der Waals surface area contributed by atoms with Gasteiger partial charge in [-0.25, -0.2) is 4.68 Å². The van der Waals surface area contributed by atoms with E-state index in [4.69, 9.17) is 0 Å². The van der Waals surface area contributed by atoms with Gasteiger partial charge in [0, 0.05) is 25.7 Å². The van der Waals surface area contributed by atoms with Gasteiger partial charge in [-0.1, -0.05) is 6.92 Å². The number of hydrogen-bond donors (Lipinski definition) is 0. The molecule has 1 aromatic heterocycles. The molecule has 1 heterocycles. The average molecular weight is 263 g/mol. The minimum Gasteiger partial charge on any atom is -0.337 e. The van der Waals surface area contributed by atoms with Crippen molar-refractivity contribution in [2.45, 2.75) is 45.7 Å². The summed E-state index contributed by atoms with van der Waals surface area (Å²) in [6.07, 6.45) is 3.21. The molecule has 0 spiro atoms. The van der Waals surface area contributed by atoms with Gasteiger partial charge >= 0.3 is 0 Å². The second-order valence-corrected chi connectivity index (χ2v) is 5.27. The first-order chi connectivity index (χ1) is 9.04. The number of rotatable bonds is 5. The van der Waals surface area contributed by atoms with Crippen molar-refractivity contribution < 1.29 is 4.79 Å². The van der Waals surface area contributed by atoms with Gasteiger partial charge in [-0.05, 0) is 38.2 Å². The number of hydrogen-bond acceptors (Lipinski definition) is 3. The third kappa shape index (κ3) is 3.03. The minimum atomic E-state index is -0.156. The summed E-state index contributed by atoms with van der Waals surface area (Å²) in [5.41, 5.74) is 0.194. The molecule has 0 saturated heterocycles. The molecule has 5 heteroatoms. The molecule has 1 atom stereocenters. The van der Waals surface area contributed by atoms with Gasteiger partial charge in [0.25, 0.3) is 11.5 Å². The van der Waals surface area contributed by atoms with Crippen molar-refractivity contribution in [2.75, 3.05) is 7.05 Å². The average Bonchev–Trinajstić information content (AvgIpc) is 3.23. The predicted molar refractivity (Wildman–Crippen MR) is 73.1 cm³/mol. The molecule has 0 radical (unpaired) electrons. The lowest BCUT2D eigenvalue weighted by molar-refractivity contribution is 0.0718. The van der Waals surface area contributed by atoms with Crippen LogP contribution in [-0.2, 0) is 6.54 Å². The van der Waals surface area contributed by atoms with Gasteiger partial charge in [-0.3, -0.25) is 9.59 Å². The third-order valence-electron chi connectivity index (χ3n) is 3.76. The maximum absolute atomic E-state index is 12.3. The number of aryl methyl sites for hydroxylation is 1. The topological polar surface area (TPSA) is 55.2 Å². The number of carbonyl (C=O) groups is 1. The maximum atomic E-state index is 12.3. The van der Waals surface area contributed by atoms with Crippen LogP contribution in [0.4, 0.5) is 0 Å². The van der Waals surface area contributed by atoms with Crippen LogP contribution in [0.5, 0.6) is 0 Å². The zero-order chi connectivity index (χ0) is 14.0. The Kier molecular flexibility index (Phi) is 4.02. The fourth-order valence-electron chi connectivity index (χ4n) is 2.20. The molecule has 1 unspecified atom stereocenters. The van der Waals surface area contributed by atoms with E-state index in [1.165, 1.54) is 29.7 Å². The predicted octanol–water partition coefficient (Wildman–Crippen LogP) is 1.52. The Labute approximate surface area is 113 Å². The molecule has 1 aliphatic rings. The number of nitrogens with zero attached hydrogens (tertiary/aromatic N) is 3. The summed E-state index contributed by atoms with van der Waals surface area (Å²) in [5.74, 6) is 0.514. The molecule has 2 rings (SSSR count). The Bertz CT molecular complexity index is 520. The van der Waals surface area contributed by atoms with Crippen LogP contribution in [0.3, 0.4) is 0 Å². The van der Waals surface area contributed by atoms with E-state index >= 15 is 0 Å². The molecule has 1 fully saturated rings. The number of carbonyl (C=O) groups excluding carboxylic acids is 1. The van der Waals surface area contributed by atoms with E-state index in [0.717, 1.165) is 6.42 Å². The van der Waals surface area contributed by atoms with Crippen molar-refractivity contribution in [2.24, 2.45) is 5.92 Å². The molecule has 1 aromatic rings. The molecule has 1 aliphatic carbocycles. The van der Waals surface area contributed by atoms with Gasteiger partial charge in [0.05, 0.1) is 0 Å². The highest BCUT2D eigenvalue weighted by Crippen LogP contribution is 2.34. The van der Waals surface area contributed by atoms with E-state index in [-0.39, 0.29) is 17.5 Å². The van der Waals surface area contributed by atoms with Crippen LogP contribution >= 0.6 is 0 Å². The summed E-state index contributed by atoms with van der Waals surface area (Å²) in [6, 6.07) is 3.18. The van der Waals surface area contributed by atoms with Crippen molar-refractivity contribution in [3.63, 3.8) is 0 Å². The Morgan fingerprint density at radius 2 is 2.21 bits per heavy atom. The number of amides is 1. The van der Waals surface area contributed by atoms with Crippen molar-refractivity contribution in [3.05, 3.63) is 28.2 Å². The molecule has 0 aromatic carbocycles. The summed E-state index contributed by atoms with van der Waals surface area (Å²) in [5, 5.41) is 4.16. The van der Waals surface area contributed by atoms with Crippen molar-refractivity contribution >= 4 is 5.91 Å². The van der Waals surface area contributed by atoms with E-state index in [2.05, 4.69) is 12.0 Å².